The summed E-state index contributed by atoms with van der Waals surface area (Å²) < 4.78 is 37.0. The van der Waals surface area contributed by atoms with E-state index in [1.165, 1.54) is 4.90 Å². The summed E-state index contributed by atoms with van der Waals surface area (Å²) in [6.07, 6.45) is -2.20. The molecular weight excluding hydrogens is 273 g/mol. The first-order valence-corrected chi connectivity index (χ1v) is 7.06. The monoisotopic (exact) mass is 296 g/mol. The van der Waals surface area contributed by atoms with E-state index in [2.05, 4.69) is 5.32 Å². The number of rotatable bonds is 6. The minimum atomic E-state index is -4.23. The predicted octanol–water partition coefficient (Wildman–Crippen LogP) is 1.54. The van der Waals surface area contributed by atoms with Gasteiger partial charge in [-0.3, -0.25) is 9.69 Å². The van der Waals surface area contributed by atoms with Crippen LogP contribution in [0.3, 0.4) is 0 Å². The average Bonchev–Trinajstić information content (AvgIpc) is 2.34. The van der Waals surface area contributed by atoms with E-state index in [1.807, 2.05) is 6.92 Å². The molecule has 1 aliphatic heterocycles. The van der Waals surface area contributed by atoms with E-state index in [0.29, 0.717) is 25.8 Å². The van der Waals surface area contributed by atoms with Crippen molar-refractivity contribution in [1.82, 2.24) is 10.2 Å². The Bertz CT molecular complexity index is 310. The number of carbonyl (C=O) groups excluding carboxylic acids is 1. The van der Waals surface area contributed by atoms with Crippen LogP contribution in [0.5, 0.6) is 0 Å². The first kappa shape index (κ1) is 17.2. The molecule has 2 unspecified atom stereocenters. The molecule has 0 radical (unpaired) electrons. The van der Waals surface area contributed by atoms with Gasteiger partial charge in [0.25, 0.3) is 0 Å². The molecule has 1 fully saturated rings. The number of amides is 1. The fraction of sp³-hybridized carbons (Fsp3) is 0.923. The van der Waals surface area contributed by atoms with Crippen LogP contribution in [0.25, 0.3) is 0 Å². The zero-order valence-electron chi connectivity index (χ0n) is 11.7. The zero-order chi connectivity index (χ0) is 15.2. The molecule has 118 valence electrons. The molecule has 20 heavy (non-hydrogen) atoms. The second kappa shape index (κ2) is 7.83. The summed E-state index contributed by atoms with van der Waals surface area (Å²) in [5, 5.41) is 12.2. The van der Waals surface area contributed by atoms with E-state index >= 15 is 0 Å². The molecule has 0 spiro atoms. The Morgan fingerprint density at radius 1 is 1.50 bits per heavy atom. The Kier molecular flexibility index (Phi) is 6.75. The van der Waals surface area contributed by atoms with Crippen LogP contribution in [0.2, 0.25) is 0 Å². The molecule has 7 heteroatoms. The summed E-state index contributed by atoms with van der Waals surface area (Å²) >= 11 is 0. The minimum Gasteiger partial charge on any atom is -0.391 e. The van der Waals surface area contributed by atoms with Crippen LogP contribution in [0.1, 0.15) is 32.6 Å². The second-order valence-electron chi connectivity index (χ2n) is 5.38. The minimum absolute atomic E-state index is 0.134. The Morgan fingerprint density at radius 3 is 2.80 bits per heavy atom. The van der Waals surface area contributed by atoms with Crippen molar-refractivity contribution in [3.05, 3.63) is 0 Å². The zero-order valence-corrected chi connectivity index (χ0v) is 11.7. The molecule has 0 aromatic heterocycles. The third kappa shape index (κ3) is 6.56. The smallest absolute Gasteiger partial charge is 0.391 e. The van der Waals surface area contributed by atoms with Gasteiger partial charge in [-0.25, -0.2) is 0 Å². The van der Waals surface area contributed by atoms with Gasteiger partial charge in [0.15, 0.2) is 0 Å². The largest absolute Gasteiger partial charge is 0.401 e. The van der Waals surface area contributed by atoms with Crippen molar-refractivity contribution in [3.8, 4) is 0 Å². The highest BCUT2D eigenvalue weighted by molar-refractivity contribution is 5.79. The van der Waals surface area contributed by atoms with Crippen molar-refractivity contribution in [2.45, 2.75) is 44.9 Å². The van der Waals surface area contributed by atoms with E-state index in [0.717, 1.165) is 6.42 Å². The van der Waals surface area contributed by atoms with Crippen molar-refractivity contribution in [2.75, 3.05) is 26.2 Å². The number of halogens is 3. The molecule has 1 amide bonds. The van der Waals surface area contributed by atoms with Crippen molar-refractivity contribution in [1.29, 1.82) is 0 Å². The third-order valence-corrected chi connectivity index (χ3v) is 3.41. The van der Waals surface area contributed by atoms with Crippen LogP contribution >= 0.6 is 0 Å². The Hall–Kier alpha value is -0.820. The third-order valence-electron chi connectivity index (χ3n) is 3.41. The number of nitrogens with one attached hydrogen (secondary N) is 1. The maximum Gasteiger partial charge on any atom is 0.401 e. The molecule has 1 heterocycles. The van der Waals surface area contributed by atoms with Crippen molar-refractivity contribution in [3.63, 3.8) is 0 Å². The lowest BCUT2D eigenvalue weighted by atomic mass is 9.97. The molecule has 4 nitrogen and oxygen atoms in total. The van der Waals surface area contributed by atoms with Gasteiger partial charge in [0, 0.05) is 13.1 Å². The molecule has 1 saturated heterocycles. The standard InChI is InChI=1S/C13H23F3N2O2/c1-2-4-11(19)7-17-12(20)10-5-3-6-18(8-10)9-13(14,15)16/h10-11,19H,2-9H2,1H3,(H,17,20). The van der Waals surface area contributed by atoms with E-state index in [1.54, 1.807) is 0 Å². The number of alkyl halides is 3. The van der Waals surface area contributed by atoms with Crippen LogP contribution in [-0.4, -0.2) is 54.4 Å². The number of aliphatic hydroxyl groups excluding tert-OH is 1. The van der Waals surface area contributed by atoms with Crippen LogP contribution < -0.4 is 5.32 Å². The molecule has 1 rings (SSSR count). The first-order valence-electron chi connectivity index (χ1n) is 7.06. The predicted molar refractivity (Wildman–Crippen MR) is 69.1 cm³/mol. The van der Waals surface area contributed by atoms with Crippen molar-refractivity contribution < 1.29 is 23.1 Å². The fourth-order valence-corrected chi connectivity index (χ4v) is 2.46. The van der Waals surface area contributed by atoms with Crippen LogP contribution in [0.4, 0.5) is 13.2 Å². The number of hydrogen-bond donors (Lipinski definition) is 2. The lowest BCUT2D eigenvalue weighted by molar-refractivity contribution is -0.152. The maximum atomic E-state index is 12.3. The quantitative estimate of drug-likeness (QED) is 0.782. The molecule has 0 aromatic carbocycles. The number of nitrogens with zero attached hydrogens (tertiary/aromatic N) is 1. The molecule has 0 aliphatic carbocycles. The van der Waals surface area contributed by atoms with Gasteiger partial charge in [-0.2, -0.15) is 13.2 Å². The van der Waals surface area contributed by atoms with Gasteiger partial charge in [0.1, 0.15) is 0 Å². The summed E-state index contributed by atoms with van der Waals surface area (Å²) in [6, 6.07) is 0. The number of likely N-dealkylation sites (tertiary alicyclic amines) is 1. The van der Waals surface area contributed by atoms with Gasteiger partial charge in [-0.05, 0) is 25.8 Å². The SMILES string of the molecule is CCCC(O)CNC(=O)C1CCCN(CC(F)(F)F)C1. The van der Waals surface area contributed by atoms with E-state index < -0.39 is 24.7 Å². The number of hydrogen-bond acceptors (Lipinski definition) is 3. The normalized spacial score (nSPS) is 22.6. The number of carbonyl (C=O) groups is 1. The van der Waals surface area contributed by atoms with Gasteiger partial charge < -0.3 is 10.4 Å². The van der Waals surface area contributed by atoms with E-state index in [-0.39, 0.29) is 19.0 Å². The summed E-state index contributed by atoms with van der Waals surface area (Å²) in [5.41, 5.74) is 0. The highest BCUT2D eigenvalue weighted by Gasteiger charge is 2.34. The van der Waals surface area contributed by atoms with Gasteiger partial charge in [0.2, 0.25) is 5.91 Å². The maximum absolute atomic E-state index is 12.3. The van der Waals surface area contributed by atoms with Gasteiger partial charge >= 0.3 is 6.18 Å². The molecule has 0 bridgehead atoms. The molecular formula is C13H23F3N2O2. The molecule has 0 saturated carbocycles. The van der Waals surface area contributed by atoms with E-state index in [4.69, 9.17) is 0 Å². The van der Waals surface area contributed by atoms with Crippen molar-refractivity contribution in [2.24, 2.45) is 5.92 Å². The lowest BCUT2D eigenvalue weighted by Crippen LogP contribution is -2.47. The summed E-state index contributed by atoms with van der Waals surface area (Å²) in [6.45, 7) is 1.65. The van der Waals surface area contributed by atoms with E-state index in [9.17, 15) is 23.1 Å². The highest BCUT2D eigenvalue weighted by Crippen LogP contribution is 2.22. The topological polar surface area (TPSA) is 52.6 Å². The second-order valence-corrected chi connectivity index (χ2v) is 5.38. The van der Waals surface area contributed by atoms with Gasteiger partial charge in [0.05, 0.1) is 18.6 Å². The van der Waals surface area contributed by atoms with Gasteiger partial charge in [-0.15, -0.1) is 0 Å². The summed E-state index contributed by atoms with van der Waals surface area (Å²) in [7, 11) is 0. The highest BCUT2D eigenvalue weighted by atomic mass is 19.4. The van der Waals surface area contributed by atoms with Crippen molar-refractivity contribution >= 4 is 5.91 Å². The number of aliphatic hydroxyl groups is 1. The van der Waals surface area contributed by atoms with Crippen LogP contribution in [-0.2, 0) is 4.79 Å². The lowest BCUT2D eigenvalue weighted by Gasteiger charge is -2.32. The number of piperidine rings is 1. The average molecular weight is 296 g/mol. The molecule has 2 N–H and O–H groups in total. The summed E-state index contributed by atoms with van der Waals surface area (Å²) in [5.74, 6) is -0.674. The Labute approximate surface area is 117 Å². The van der Waals surface area contributed by atoms with Crippen LogP contribution in [0.15, 0.2) is 0 Å². The summed E-state index contributed by atoms with van der Waals surface area (Å²) in [4.78, 5) is 13.2. The molecule has 0 aromatic rings. The van der Waals surface area contributed by atoms with Gasteiger partial charge in [-0.1, -0.05) is 13.3 Å². The first-order chi connectivity index (χ1) is 9.31. The molecule has 2 atom stereocenters. The Morgan fingerprint density at radius 2 is 2.20 bits per heavy atom. The fourth-order valence-electron chi connectivity index (χ4n) is 2.46. The van der Waals surface area contributed by atoms with Crippen LogP contribution in [0, 0.1) is 5.92 Å². The molecule has 1 aliphatic rings. The Balaban J connectivity index is 2.36.